The van der Waals surface area contributed by atoms with Gasteiger partial charge >= 0.3 is 0 Å². The molecule has 0 unspecified atom stereocenters. The van der Waals surface area contributed by atoms with E-state index in [2.05, 4.69) is 0 Å². The molecule has 0 saturated carbocycles. The van der Waals surface area contributed by atoms with Gasteiger partial charge in [0.25, 0.3) is 0 Å². The number of amides is 1. The number of methoxy groups -OCH3 is 1. The fraction of sp³-hybridized carbons (Fsp3) is 0.333. The number of carbonyl (C=O) groups excluding carboxylic acids is 2. The first-order valence-corrected chi connectivity index (χ1v) is 8.48. The summed E-state index contributed by atoms with van der Waals surface area (Å²) in [5, 5.41) is 1.90. The molecule has 1 aromatic carbocycles. The summed E-state index contributed by atoms with van der Waals surface area (Å²) < 4.78 is 5.26. The van der Waals surface area contributed by atoms with Crippen LogP contribution in [-0.2, 0) is 11.2 Å². The Bertz CT molecular complexity index is 737. The molecule has 23 heavy (non-hydrogen) atoms. The first kappa shape index (κ1) is 15.7. The maximum Gasteiger partial charge on any atom is 0.227 e. The normalized spacial score (nSPS) is 16.8. The van der Waals surface area contributed by atoms with Crippen LogP contribution in [0.25, 0.3) is 0 Å². The van der Waals surface area contributed by atoms with Crippen molar-refractivity contribution in [1.82, 2.24) is 4.90 Å². The van der Waals surface area contributed by atoms with Crippen molar-refractivity contribution in [3.63, 3.8) is 0 Å². The summed E-state index contributed by atoms with van der Waals surface area (Å²) in [6.07, 6.45) is 1.32. The molecular formula is C18H19NO3S. The number of nitrogens with zero attached hydrogens (tertiary/aromatic N) is 1. The summed E-state index contributed by atoms with van der Waals surface area (Å²) in [6.45, 7) is 2.33. The Balaban J connectivity index is 1.68. The van der Waals surface area contributed by atoms with E-state index in [9.17, 15) is 9.59 Å². The van der Waals surface area contributed by atoms with Gasteiger partial charge < -0.3 is 9.64 Å². The smallest absolute Gasteiger partial charge is 0.227 e. The second-order valence-corrected chi connectivity index (χ2v) is 6.63. The van der Waals surface area contributed by atoms with Crippen LogP contribution in [-0.4, -0.2) is 30.2 Å². The van der Waals surface area contributed by atoms with E-state index < -0.39 is 0 Å². The van der Waals surface area contributed by atoms with Gasteiger partial charge in [-0.05, 0) is 48.1 Å². The predicted octanol–water partition coefficient (Wildman–Crippen LogP) is 3.48. The van der Waals surface area contributed by atoms with Crippen molar-refractivity contribution in [2.75, 3.05) is 13.7 Å². The third-order valence-corrected chi connectivity index (χ3v) is 5.25. The van der Waals surface area contributed by atoms with E-state index in [1.807, 2.05) is 40.6 Å². The van der Waals surface area contributed by atoms with Gasteiger partial charge in [-0.2, -0.15) is 0 Å². The van der Waals surface area contributed by atoms with Crippen LogP contribution in [0.4, 0.5) is 0 Å². The zero-order valence-electron chi connectivity index (χ0n) is 13.2. The molecule has 2 heterocycles. The van der Waals surface area contributed by atoms with Crippen molar-refractivity contribution in [3.05, 3.63) is 51.7 Å². The number of Topliss-reactive ketones (excluding diaryl/α,β-unsaturated/α-hetero) is 1. The summed E-state index contributed by atoms with van der Waals surface area (Å²) in [4.78, 5) is 26.5. The van der Waals surface area contributed by atoms with Gasteiger partial charge in [0, 0.05) is 6.54 Å². The molecule has 5 heteroatoms. The van der Waals surface area contributed by atoms with E-state index in [1.165, 1.54) is 11.3 Å². The highest BCUT2D eigenvalue weighted by Crippen LogP contribution is 2.35. The third-order valence-electron chi connectivity index (χ3n) is 4.17. The van der Waals surface area contributed by atoms with Crippen molar-refractivity contribution in [1.29, 1.82) is 0 Å². The van der Waals surface area contributed by atoms with E-state index in [0.29, 0.717) is 11.3 Å². The van der Waals surface area contributed by atoms with E-state index in [4.69, 9.17) is 4.74 Å². The minimum Gasteiger partial charge on any atom is -0.497 e. The molecule has 1 aliphatic rings. The van der Waals surface area contributed by atoms with Gasteiger partial charge in [-0.1, -0.05) is 12.1 Å². The Labute approximate surface area is 139 Å². The van der Waals surface area contributed by atoms with Crippen molar-refractivity contribution in [2.24, 2.45) is 0 Å². The van der Waals surface area contributed by atoms with E-state index in [-0.39, 0.29) is 17.7 Å². The number of ketones is 1. The molecule has 1 fully saturated rings. The number of hydrogen-bond acceptors (Lipinski definition) is 4. The predicted molar refractivity (Wildman–Crippen MR) is 90.1 cm³/mol. The van der Waals surface area contributed by atoms with Crippen LogP contribution >= 0.6 is 11.3 Å². The molecule has 0 bridgehead atoms. The second kappa shape index (κ2) is 6.54. The number of likely N-dealkylation sites (tertiary alicyclic amines) is 1. The van der Waals surface area contributed by atoms with Crippen LogP contribution < -0.4 is 4.74 Å². The highest BCUT2D eigenvalue weighted by molar-refractivity contribution is 7.12. The topological polar surface area (TPSA) is 46.6 Å². The van der Waals surface area contributed by atoms with Crippen LogP contribution in [0, 0.1) is 0 Å². The molecule has 0 N–H and O–H groups in total. The van der Waals surface area contributed by atoms with Gasteiger partial charge in [-0.25, -0.2) is 0 Å². The van der Waals surface area contributed by atoms with Crippen molar-refractivity contribution < 1.29 is 14.3 Å². The highest BCUT2D eigenvalue weighted by atomic mass is 32.1. The number of hydrogen-bond donors (Lipinski definition) is 0. The molecule has 1 atom stereocenters. The largest absolute Gasteiger partial charge is 0.497 e. The van der Waals surface area contributed by atoms with Crippen molar-refractivity contribution in [2.45, 2.75) is 25.8 Å². The molecule has 0 radical (unpaired) electrons. The number of ether oxygens (including phenoxy) is 1. The zero-order valence-corrected chi connectivity index (χ0v) is 14.1. The first-order valence-electron chi connectivity index (χ1n) is 7.60. The number of thiophene rings is 1. The average Bonchev–Trinajstić information content (AvgIpc) is 2.95. The monoisotopic (exact) mass is 329 g/mol. The number of carbonyl (C=O) groups is 2. The van der Waals surface area contributed by atoms with Gasteiger partial charge in [-0.3, -0.25) is 9.59 Å². The Morgan fingerprint density at radius 2 is 2.17 bits per heavy atom. The Morgan fingerprint density at radius 3 is 2.78 bits per heavy atom. The maximum absolute atomic E-state index is 12.5. The van der Waals surface area contributed by atoms with Gasteiger partial charge in [0.1, 0.15) is 5.75 Å². The molecule has 2 aromatic rings. The van der Waals surface area contributed by atoms with E-state index in [1.54, 1.807) is 14.0 Å². The molecule has 4 nitrogen and oxygen atoms in total. The van der Waals surface area contributed by atoms with Gasteiger partial charge in [0.2, 0.25) is 5.91 Å². The lowest BCUT2D eigenvalue weighted by molar-refractivity contribution is -0.138. The summed E-state index contributed by atoms with van der Waals surface area (Å²) in [5.74, 6) is 0.967. The lowest BCUT2D eigenvalue weighted by atomic mass is 9.93. The highest BCUT2D eigenvalue weighted by Gasteiger charge is 2.33. The standard InChI is InChI=1S/C18H19NO3S/c1-12(20)17-8-13(11-23-17)9-18(21)19-7-6-16(19)14-4-3-5-15(10-14)22-2/h3-5,8,10-11,16H,6-7,9H2,1-2H3/t16-/m1/s1. The fourth-order valence-corrected chi connectivity index (χ4v) is 3.63. The molecule has 1 aliphatic heterocycles. The fourth-order valence-electron chi connectivity index (χ4n) is 2.81. The SMILES string of the molecule is COc1cccc([C@H]2CCN2C(=O)Cc2csc(C(C)=O)c2)c1. The molecule has 120 valence electrons. The Kier molecular flexibility index (Phi) is 4.48. The van der Waals surface area contributed by atoms with Crippen LogP contribution in [0.5, 0.6) is 5.75 Å². The number of benzene rings is 1. The van der Waals surface area contributed by atoms with Crippen LogP contribution in [0.2, 0.25) is 0 Å². The summed E-state index contributed by atoms with van der Waals surface area (Å²) in [7, 11) is 1.64. The van der Waals surface area contributed by atoms with Gasteiger partial charge in [0.15, 0.2) is 5.78 Å². The molecule has 3 rings (SSSR count). The van der Waals surface area contributed by atoms with Crippen molar-refractivity contribution >= 4 is 23.0 Å². The zero-order chi connectivity index (χ0) is 16.4. The van der Waals surface area contributed by atoms with E-state index in [0.717, 1.165) is 29.8 Å². The minimum absolute atomic E-state index is 0.0481. The molecule has 0 spiro atoms. The molecule has 1 amide bonds. The van der Waals surface area contributed by atoms with E-state index >= 15 is 0 Å². The van der Waals surface area contributed by atoms with Gasteiger partial charge in [-0.15, -0.1) is 11.3 Å². The molecule has 0 aliphatic carbocycles. The quantitative estimate of drug-likeness (QED) is 0.789. The Morgan fingerprint density at radius 1 is 1.35 bits per heavy atom. The molecule has 1 aromatic heterocycles. The lowest BCUT2D eigenvalue weighted by Gasteiger charge is -2.41. The van der Waals surface area contributed by atoms with Gasteiger partial charge in [0.05, 0.1) is 24.4 Å². The first-order chi connectivity index (χ1) is 11.1. The minimum atomic E-state index is 0.0481. The molecule has 1 saturated heterocycles. The number of rotatable bonds is 5. The van der Waals surface area contributed by atoms with Crippen LogP contribution in [0.3, 0.4) is 0 Å². The summed E-state index contributed by atoms with van der Waals surface area (Å²) in [6, 6.07) is 9.83. The summed E-state index contributed by atoms with van der Waals surface area (Å²) in [5.41, 5.74) is 2.03. The van der Waals surface area contributed by atoms with Crippen LogP contribution in [0.1, 0.15) is 40.2 Å². The summed E-state index contributed by atoms with van der Waals surface area (Å²) >= 11 is 1.40. The third kappa shape index (κ3) is 3.29. The maximum atomic E-state index is 12.5. The van der Waals surface area contributed by atoms with Crippen molar-refractivity contribution in [3.8, 4) is 5.75 Å². The lowest BCUT2D eigenvalue weighted by Crippen LogP contribution is -2.45. The van der Waals surface area contributed by atoms with Crippen LogP contribution in [0.15, 0.2) is 35.7 Å². The second-order valence-electron chi connectivity index (χ2n) is 5.72. The average molecular weight is 329 g/mol. The Hall–Kier alpha value is -2.14. The molecular weight excluding hydrogens is 310 g/mol.